The van der Waals surface area contributed by atoms with Crippen LogP contribution in [0.1, 0.15) is 68.6 Å². The fraction of sp³-hybridized carbons (Fsp3) is 0.440. The van der Waals surface area contributed by atoms with Crippen LogP contribution in [0.25, 0.3) is 11.5 Å². The van der Waals surface area contributed by atoms with Crippen molar-refractivity contribution < 1.29 is 28.0 Å². The molecule has 0 bridgehead atoms. The number of halogens is 2. The third-order valence-corrected chi connectivity index (χ3v) is 6.28. The molecule has 0 aliphatic heterocycles. The molecule has 0 radical (unpaired) electrons. The van der Waals surface area contributed by atoms with Gasteiger partial charge in [0.2, 0.25) is 17.6 Å². The van der Waals surface area contributed by atoms with E-state index in [1.807, 2.05) is 0 Å². The average Bonchev–Trinajstić information content (AvgIpc) is 3.36. The highest BCUT2D eigenvalue weighted by Gasteiger charge is 2.28. The molecule has 0 unspecified atom stereocenters. The largest absolute Gasteiger partial charge is 0.503 e. The molecule has 0 atom stereocenters. The molecule has 37 heavy (non-hydrogen) atoms. The van der Waals surface area contributed by atoms with E-state index in [4.69, 9.17) is 4.52 Å². The minimum absolute atomic E-state index is 0.0618. The summed E-state index contributed by atoms with van der Waals surface area (Å²) in [6.45, 7) is 5.77. The molecular weight excluding hydrogens is 486 g/mol. The molecule has 1 fully saturated rings. The first-order chi connectivity index (χ1) is 17.5. The summed E-state index contributed by atoms with van der Waals surface area (Å²) in [5.41, 5.74) is -0.325. The van der Waals surface area contributed by atoms with Gasteiger partial charge in [-0.3, -0.25) is 9.59 Å². The van der Waals surface area contributed by atoms with Crippen LogP contribution < -0.4 is 10.6 Å². The predicted octanol–water partition coefficient (Wildman–Crippen LogP) is 4.20. The van der Waals surface area contributed by atoms with E-state index in [1.54, 1.807) is 32.9 Å². The Bertz CT molecular complexity index is 1260. The molecule has 1 saturated carbocycles. The molecule has 4 rings (SSSR count). The molecule has 2 heterocycles. The van der Waals surface area contributed by atoms with Gasteiger partial charge in [-0.25, -0.2) is 8.78 Å². The fourth-order valence-electron chi connectivity index (χ4n) is 3.98. The normalized spacial score (nSPS) is 17.9. The van der Waals surface area contributed by atoms with Crippen LogP contribution in [0.4, 0.5) is 14.6 Å². The number of aromatic nitrogens is 4. The molecule has 0 spiro atoms. The highest BCUT2D eigenvalue weighted by atomic mass is 19.1. The summed E-state index contributed by atoms with van der Waals surface area (Å²) in [6, 6.07) is 4.89. The van der Waals surface area contributed by atoms with Gasteiger partial charge < -0.3 is 20.3 Å². The van der Waals surface area contributed by atoms with E-state index in [0.717, 1.165) is 37.8 Å². The van der Waals surface area contributed by atoms with Gasteiger partial charge >= 0.3 is 0 Å². The number of rotatable bonds is 6. The summed E-state index contributed by atoms with van der Waals surface area (Å²) in [4.78, 5) is 28.8. The van der Waals surface area contributed by atoms with Crippen LogP contribution in [0, 0.1) is 23.0 Å². The molecule has 3 aromatic rings. The molecule has 2 amide bonds. The average molecular weight is 515 g/mol. The highest BCUT2D eigenvalue weighted by molar-refractivity contribution is 5.94. The van der Waals surface area contributed by atoms with Crippen molar-refractivity contribution >= 4 is 17.6 Å². The Kier molecular flexibility index (Phi) is 7.46. The Morgan fingerprint density at radius 2 is 1.76 bits per heavy atom. The zero-order valence-corrected chi connectivity index (χ0v) is 20.7. The minimum atomic E-state index is -1.18. The Labute approximate surface area is 211 Å². The Hall–Kier alpha value is -3.96. The fourth-order valence-corrected chi connectivity index (χ4v) is 3.98. The van der Waals surface area contributed by atoms with Crippen LogP contribution in [0.2, 0.25) is 0 Å². The number of aromatic hydroxyl groups is 1. The predicted molar refractivity (Wildman–Crippen MR) is 128 cm³/mol. The van der Waals surface area contributed by atoms with Crippen molar-refractivity contribution in [3.05, 3.63) is 47.4 Å². The van der Waals surface area contributed by atoms with Crippen LogP contribution in [0.3, 0.4) is 0 Å². The van der Waals surface area contributed by atoms with Crippen LogP contribution in [0.15, 0.2) is 28.8 Å². The number of carbonyl (C=O) groups excluding carboxylic acids is 2. The molecule has 3 N–H and O–H groups in total. The zero-order chi connectivity index (χ0) is 26.7. The first-order valence-corrected chi connectivity index (χ1v) is 12.0. The maximum Gasteiger partial charge on any atom is 0.251 e. The van der Waals surface area contributed by atoms with Crippen molar-refractivity contribution in [1.29, 1.82) is 0 Å². The van der Waals surface area contributed by atoms with Gasteiger partial charge in [0.1, 0.15) is 5.69 Å². The van der Waals surface area contributed by atoms with E-state index in [2.05, 4.69) is 31.0 Å². The number of anilines is 1. The molecule has 1 aliphatic rings. The number of nitrogens with one attached hydrogen (secondary N) is 2. The van der Waals surface area contributed by atoms with Gasteiger partial charge in [0.25, 0.3) is 5.91 Å². The summed E-state index contributed by atoms with van der Waals surface area (Å²) in [5.74, 6) is -2.86. The monoisotopic (exact) mass is 514 g/mol. The summed E-state index contributed by atoms with van der Waals surface area (Å²) >= 11 is 0. The van der Waals surface area contributed by atoms with E-state index >= 15 is 0 Å². The lowest BCUT2D eigenvalue weighted by Gasteiger charge is -2.26. The molecule has 10 nitrogen and oxygen atoms in total. The second kappa shape index (κ2) is 10.6. The minimum Gasteiger partial charge on any atom is -0.503 e. The Morgan fingerprint density at radius 3 is 2.35 bits per heavy atom. The SMILES string of the molecule is CC(C)(C)C(=O)Nc1ccc(-c2noc(C3CCC(CNC(=O)c4cc(F)c(O)c(F)c4)CC3)n2)nn1. The number of nitrogens with zero attached hydrogens (tertiary/aromatic N) is 4. The van der Waals surface area contributed by atoms with Crippen LogP contribution in [-0.2, 0) is 4.79 Å². The second-order valence-corrected chi connectivity index (χ2v) is 10.2. The van der Waals surface area contributed by atoms with Crippen molar-refractivity contribution in [2.24, 2.45) is 11.3 Å². The van der Waals surface area contributed by atoms with Gasteiger partial charge in [0.15, 0.2) is 23.2 Å². The van der Waals surface area contributed by atoms with Crippen LogP contribution in [-0.4, -0.2) is 43.8 Å². The van der Waals surface area contributed by atoms with Gasteiger partial charge in [0, 0.05) is 23.4 Å². The number of phenolic OH excluding ortho intramolecular Hbond substituents is 1. The van der Waals surface area contributed by atoms with Gasteiger partial charge in [-0.05, 0) is 55.9 Å². The topological polar surface area (TPSA) is 143 Å². The number of hydrogen-bond donors (Lipinski definition) is 3. The molecule has 196 valence electrons. The lowest BCUT2D eigenvalue weighted by molar-refractivity contribution is -0.123. The summed E-state index contributed by atoms with van der Waals surface area (Å²) in [7, 11) is 0. The Balaban J connectivity index is 1.28. The Morgan fingerprint density at radius 1 is 1.08 bits per heavy atom. The third kappa shape index (κ3) is 6.25. The maximum atomic E-state index is 13.5. The van der Waals surface area contributed by atoms with Crippen molar-refractivity contribution in [2.75, 3.05) is 11.9 Å². The van der Waals surface area contributed by atoms with Crippen molar-refractivity contribution in [3.63, 3.8) is 0 Å². The van der Waals surface area contributed by atoms with Crippen molar-refractivity contribution in [2.45, 2.75) is 52.4 Å². The van der Waals surface area contributed by atoms with E-state index in [0.29, 0.717) is 29.8 Å². The summed E-state index contributed by atoms with van der Waals surface area (Å²) in [5, 5.41) is 26.7. The van der Waals surface area contributed by atoms with Crippen molar-refractivity contribution in [1.82, 2.24) is 25.7 Å². The highest BCUT2D eigenvalue weighted by Crippen LogP contribution is 2.35. The van der Waals surface area contributed by atoms with Crippen molar-refractivity contribution in [3.8, 4) is 17.3 Å². The van der Waals surface area contributed by atoms with E-state index in [-0.39, 0.29) is 23.3 Å². The van der Waals surface area contributed by atoms with Crippen LogP contribution in [0.5, 0.6) is 5.75 Å². The van der Waals surface area contributed by atoms with E-state index in [1.165, 1.54) is 0 Å². The number of amides is 2. The lowest BCUT2D eigenvalue weighted by Crippen LogP contribution is -2.31. The van der Waals surface area contributed by atoms with Gasteiger partial charge in [-0.2, -0.15) is 4.98 Å². The quantitative estimate of drug-likeness (QED) is 0.444. The molecule has 1 aliphatic carbocycles. The summed E-state index contributed by atoms with van der Waals surface area (Å²) < 4.78 is 32.5. The lowest BCUT2D eigenvalue weighted by atomic mass is 9.82. The number of benzene rings is 1. The molecule has 0 saturated heterocycles. The molecule has 2 aromatic heterocycles. The molecule has 1 aromatic carbocycles. The van der Waals surface area contributed by atoms with E-state index < -0.39 is 28.7 Å². The number of hydrogen-bond acceptors (Lipinski definition) is 8. The van der Waals surface area contributed by atoms with E-state index in [9.17, 15) is 23.5 Å². The van der Waals surface area contributed by atoms with Gasteiger partial charge in [-0.15, -0.1) is 10.2 Å². The smallest absolute Gasteiger partial charge is 0.251 e. The summed E-state index contributed by atoms with van der Waals surface area (Å²) in [6.07, 6.45) is 3.13. The third-order valence-electron chi connectivity index (χ3n) is 6.28. The second-order valence-electron chi connectivity index (χ2n) is 10.2. The standard InChI is InChI=1S/C25H28F2N6O4/c1-25(2,3)24(36)29-19-9-8-18(31-32-19)21-30-23(37-33-21)14-6-4-13(5-7-14)12-28-22(35)15-10-16(26)20(34)17(27)11-15/h8-11,13-14,34H,4-7,12H2,1-3H3,(H,28,35)(H,29,32,36). The maximum absolute atomic E-state index is 13.5. The van der Waals surface area contributed by atoms with Crippen LogP contribution >= 0.6 is 0 Å². The zero-order valence-electron chi connectivity index (χ0n) is 20.7. The molecule has 12 heteroatoms. The number of carbonyl (C=O) groups is 2. The van der Waals surface area contributed by atoms with Gasteiger partial charge in [0.05, 0.1) is 0 Å². The first kappa shape index (κ1) is 26.1. The first-order valence-electron chi connectivity index (χ1n) is 12.0. The van der Waals surface area contributed by atoms with Gasteiger partial charge in [-0.1, -0.05) is 25.9 Å². The molecular formula is C25H28F2N6O4. The number of phenols is 1.